The van der Waals surface area contributed by atoms with Crippen molar-refractivity contribution in [3.05, 3.63) is 0 Å². The Morgan fingerprint density at radius 1 is 1.50 bits per heavy atom. The predicted molar refractivity (Wildman–Crippen MR) is 35.7 cm³/mol. The molecule has 48 valence electrons. The molecule has 0 radical (unpaired) electrons. The van der Waals surface area contributed by atoms with Crippen LogP contribution >= 0.6 is 0 Å². The minimum absolute atomic E-state index is 0. The van der Waals surface area contributed by atoms with Crippen molar-refractivity contribution >= 4 is 37.7 Å². The second-order valence-electron chi connectivity index (χ2n) is 1.62. The third kappa shape index (κ3) is 10.2. The molecule has 0 fully saturated rings. The van der Waals surface area contributed by atoms with Crippen LogP contribution in [0.2, 0.25) is 0 Å². The molecule has 0 spiro atoms. The topological polar surface area (TPSA) is 40.5 Å². The van der Waals surface area contributed by atoms with Crippen molar-refractivity contribution < 1.29 is 13.1 Å². The average Bonchev–Trinajstić information content (AvgIpc) is 1.61. The van der Waals surface area contributed by atoms with Crippen LogP contribution in [-0.2, 0) is 0 Å². The molecule has 2 N–H and O–H groups in total. The molecule has 0 atom stereocenters. The third-order valence-corrected chi connectivity index (χ3v) is 0.816. The number of aliphatic hydroxyl groups is 2. The summed E-state index contributed by atoms with van der Waals surface area (Å²) in [7, 11) is 0. The zero-order valence-corrected chi connectivity index (χ0v) is 7.51. The summed E-state index contributed by atoms with van der Waals surface area (Å²) in [6.45, 7) is 2.02. The van der Waals surface area contributed by atoms with Crippen molar-refractivity contribution in [1.82, 2.24) is 0 Å². The van der Waals surface area contributed by atoms with Gasteiger partial charge in [-0.15, -0.1) is 0 Å². The summed E-state index contributed by atoms with van der Waals surface area (Å²) < 4.78 is 0. The number of unbranched alkanes of at least 4 members (excludes halogenated alkanes) is 1. The Bertz CT molecular complexity index is 46.6. The second-order valence-corrected chi connectivity index (χ2v) is 1.62. The Balaban J connectivity index is -0.0000000600. The molecule has 0 aromatic carbocycles. The number of rotatable bonds is 3. The Kier molecular flexibility index (Phi) is 12.2. The normalized spacial score (nSPS) is 9.00. The molecule has 2 nitrogen and oxygen atoms in total. The van der Waals surface area contributed by atoms with Gasteiger partial charge in [-0.3, -0.25) is 0 Å². The minimum atomic E-state index is -1.10. The van der Waals surface area contributed by atoms with E-state index in [9.17, 15) is 0 Å². The summed E-state index contributed by atoms with van der Waals surface area (Å²) >= 11 is 0. The van der Waals surface area contributed by atoms with Gasteiger partial charge < -0.3 is 13.1 Å². The maximum absolute atomic E-state index is 8.24. The van der Waals surface area contributed by atoms with E-state index >= 15 is 0 Å². The van der Waals surface area contributed by atoms with Crippen LogP contribution in [0.5, 0.6) is 0 Å². The minimum Gasteiger partial charge on any atom is -1.00 e. The molecule has 0 rings (SSSR count). The van der Waals surface area contributed by atoms with E-state index in [1.54, 1.807) is 0 Å². The first-order valence-electron chi connectivity index (χ1n) is 2.63. The van der Waals surface area contributed by atoms with Crippen LogP contribution in [0.3, 0.4) is 0 Å². The Labute approximate surface area is 82.9 Å². The van der Waals surface area contributed by atoms with Crippen LogP contribution in [-0.4, -0.2) is 54.2 Å². The van der Waals surface area contributed by atoms with Gasteiger partial charge in [0.2, 0.25) is 0 Å². The van der Waals surface area contributed by atoms with Crippen molar-refractivity contribution in [2.45, 2.75) is 32.5 Å². The van der Waals surface area contributed by atoms with Crippen molar-refractivity contribution in [1.29, 1.82) is 0 Å². The Morgan fingerprint density at radius 2 is 2.00 bits per heavy atom. The van der Waals surface area contributed by atoms with Gasteiger partial charge in [0.1, 0.15) is 0 Å². The van der Waals surface area contributed by atoms with Crippen LogP contribution in [0.1, 0.15) is 29.0 Å². The van der Waals surface area contributed by atoms with E-state index in [2.05, 4.69) is 0 Å². The monoisotopic (exact) mass is 146 g/mol. The fraction of sp³-hybridized carbons (Fsp3) is 1.00. The predicted octanol–water partition coefficient (Wildman–Crippen LogP) is 0.331. The van der Waals surface area contributed by atoms with Crippen LogP contribution in [0.15, 0.2) is 0 Å². The molecule has 0 bridgehead atoms. The Morgan fingerprint density at radius 3 is 2.12 bits per heavy atom. The van der Waals surface area contributed by atoms with Gasteiger partial charge in [0, 0.05) is 0 Å². The van der Waals surface area contributed by atoms with E-state index in [0.717, 1.165) is 12.8 Å². The van der Waals surface area contributed by atoms with Gasteiger partial charge in [-0.1, -0.05) is 13.3 Å². The van der Waals surface area contributed by atoms with Crippen molar-refractivity contribution in [2.75, 3.05) is 0 Å². The molecular formula is C5H14CaO2. The molecule has 0 heterocycles. The molecule has 0 aromatic heterocycles. The van der Waals surface area contributed by atoms with Crippen LogP contribution in [0.4, 0.5) is 0 Å². The second kappa shape index (κ2) is 8.18. The SMILES string of the molecule is CCCCC(O)O.[Ca+2].[H-].[H-]. The van der Waals surface area contributed by atoms with Gasteiger partial charge in [-0.25, -0.2) is 0 Å². The van der Waals surface area contributed by atoms with E-state index < -0.39 is 6.29 Å². The zero-order chi connectivity index (χ0) is 5.70. The molecule has 0 unspecified atom stereocenters. The first-order chi connectivity index (χ1) is 3.27. The molecule has 0 aliphatic carbocycles. The van der Waals surface area contributed by atoms with E-state index in [4.69, 9.17) is 10.2 Å². The summed E-state index contributed by atoms with van der Waals surface area (Å²) in [4.78, 5) is 0. The van der Waals surface area contributed by atoms with Gasteiger partial charge in [0.25, 0.3) is 0 Å². The van der Waals surface area contributed by atoms with Gasteiger partial charge in [-0.2, -0.15) is 0 Å². The molecule has 0 aliphatic heterocycles. The smallest absolute Gasteiger partial charge is 1.00 e. The maximum Gasteiger partial charge on any atom is 2.00 e. The third-order valence-electron chi connectivity index (χ3n) is 0.816. The zero-order valence-electron chi connectivity index (χ0n) is 7.30. The van der Waals surface area contributed by atoms with E-state index in [0.29, 0.717) is 6.42 Å². The van der Waals surface area contributed by atoms with E-state index in [1.807, 2.05) is 6.92 Å². The van der Waals surface area contributed by atoms with Crippen LogP contribution in [0.25, 0.3) is 0 Å². The van der Waals surface area contributed by atoms with E-state index in [1.165, 1.54) is 0 Å². The molecule has 3 heteroatoms. The summed E-state index contributed by atoms with van der Waals surface area (Å²) in [5.74, 6) is 0. The quantitative estimate of drug-likeness (QED) is 0.445. The van der Waals surface area contributed by atoms with Gasteiger partial charge in [-0.05, 0) is 12.8 Å². The molecule has 0 saturated carbocycles. The fourth-order valence-corrected chi connectivity index (χ4v) is 0.387. The molecule has 0 saturated heterocycles. The van der Waals surface area contributed by atoms with Crippen molar-refractivity contribution in [2.24, 2.45) is 0 Å². The average molecular weight is 146 g/mol. The molecule has 0 aromatic rings. The number of hydrogen-bond donors (Lipinski definition) is 2. The summed E-state index contributed by atoms with van der Waals surface area (Å²) in [6, 6.07) is 0. The Hall–Kier alpha value is 1.18. The molecule has 8 heavy (non-hydrogen) atoms. The summed E-state index contributed by atoms with van der Waals surface area (Å²) in [5, 5.41) is 16.5. The molecule has 0 aliphatic rings. The van der Waals surface area contributed by atoms with Gasteiger partial charge >= 0.3 is 37.7 Å². The molecule has 0 amide bonds. The van der Waals surface area contributed by atoms with Crippen LogP contribution < -0.4 is 0 Å². The largest absolute Gasteiger partial charge is 2.00 e. The van der Waals surface area contributed by atoms with Gasteiger partial charge in [0.15, 0.2) is 6.29 Å². The van der Waals surface area contributed by atoms with Crippen molar-refractivity contribution in [3.8, 4) is 0 Å². The molecular weight excluding hydrogens is 132 g/mol. The maximum atomic E-state index is 8.24. The number of aliphatic hydroxyl groups excluding tert-OH is 1. The van der Waals surface area contributed by atoms with E-state index in [-0.39, 0.29) is 40.6 Å². The van der Waals surface area contributed by atoms with Gasteiger partial charge in [0.05, 0.1) is 0 Å². The summed E-state index contributed by atoms with van der Waals surface area (Å²) in [5.41, 5.74) is 0. The van der Waals surface area contributed by atoms with Crippen molar-refractivity contribution in [3.63, 3.8) is 0 Å². The van der Waals surface area contributed by atoms with Crippen LogP contribution in [0, 0.1) is 0 Å². The first-order valence-corrected chi connectivity index (χ1v) is 2.63. The first kappa shape index (κ1) is 11.9. The fourth-order valence-electron chi connectivity index (χ4n) is 0.387. The number of hydrogen-bond acceptors (Lipinski definition) is 2. The summed E-state index contributed by atoms with van der Waals surface area (Å²) in [6.07, 6.45) is 1.34. The standard InChI is InChI=1S/C5H12O2.Ca.2H/c1-2-3-4-5(6)7;;;/h5-7H,2-4H2,1H3;;;/q;+2;2*-1.